The predicted octanol–water partition coefficient (Wildman–Crippen LogP) is 4.96. The van der Waals surface area contributed by atoms with Crippen molar-refractivity contribution in [2.24, 2.45) is 0 Å². The van der Waals surface area contributed by atoms with Crippen LogP contribution in [-0.2, 0) is 19.5 Å². The smallest absolute Gasteiger partial charge is 0.231 e. The summed E-state index contributed by atoms with van der Waals surface area (Å²) in [7, 11) is 0. The molecule has 1 aliphatic heterocycles. The van der Waals surface area contributed by atoms with Crippen LogP contribution >= 0.6 is 22.7 Å². The number of ether oxygens (including phenoxy) is 2. The molecule has 4 heterocycles. The zero-order valence-corrected chi connectivity index (χ0v) is 17.6. The lowest BCUT2D eigenvalue weighted by Crippen LogP contribution is -2.00. The number of hydrogen-bond acceptors (Lipinski definition) is 7. The van der Waals surface area contributed by atoms with Gasteiger partial charge in [-0.1, -0.05) is 29.5 Å². The van der Waals surface area contributed by atoms with E-state index in [1.54, 1.807) is 22.7 Å². The Bertz CT molecular complexity index is 1120. The maximum absolute atomic E-state index is 5.58. The third-order valence-electron chi connectivity index (χ3n) is 4.75. The van der Waals surface area contributed by atoms with Gasteiger partial charge in [-0.3, -0.25) is 4.68 Å². The fraction of sp³-hybridized carbons (Fsp3) is 0.238. The molecule has 6 nitrogen and oxygen atoms in total. The van der Waals surface area contributed by atoms with E-state index in [9.17, 15) is 0 Å². The third kappa shape index (κ3) is 3.86. The fourth-order valence-corrected chi connectivity index (χ4v) is 4.92. The van der Waals surface area contributed by atoms with Gasteiger partial charge in [0, 0.05) is 36.1 Å². The molecule has 0 aliphatic carbocycles. The van der Waals surface area contributed by atoms with Crippen LogP contribution in [0.25, 0.3) is 10.6 Å². The first-order valence-electron chi connectivity index (χ1n) is 9.41. The van der Waals surface area contributed by atoms with Crippen LogP contribution in [0, 0.1) is 6.92 Å². The van der Waals surface area contributed by atoms with Crippen molar-refractivity contribution in [1.29, 1.82) is 0 Å². The van der Waals surface area contributed by atoms with Gasteiger partial charge in [0.2, 0.25) is 6.79 Å². The fourth-order valence-electron chi connectivity index (χ4n) is 3.30. The topological polar surface area (TPSA) is 61.2 Å². The molecule has 29 heavy (non-hydrogen) atoms. The first-order chi connectivity index (χ1) is 14.3. The Balaban J connectivity index is 1.26. The molecule has 0 amide bonds. The molecular weight excluding hydrogens is 404 g/mol. The number of para-hydroxylation sites is 1. The zero-order chi connectivity index (χ0) is 19.6. The molecule has 0 unspecified atom stereocenters. The second kappa shape index (κ2) is 7.88. The number of nitrogens with zero attached hydrogens (tertiary/aromatic N) is 3. The van der Waals surface area contributed by atoms with E-state index in [2.05, 4.69) is 33.9 Å². The minimum Gasteiger partial charge on any atom is -0.454 e. The summed E-state index contributed by atoms with van der Waals surface area (Å²) in [6.45, 7) is 3.82. The van der Waals surface area contributed by atoms with Crippen LogP contribution in [-0.4, -0.2) is 21.6 Å². The summed E-state index contributed by atoms with van der Waals surface area (Å²) in [6, 6.07) is 12.3. The molecule has 1 aromatic carbocycles. The second-order valence-corrected chi connectivity index (χ2v) is 8.76. The average Bonchev–Trinajstić information content (AvgIpc) is 3.51. The van der Waals surface area contributed by atoms with E-state index in [1.807, 2.05) is 36.0 Å². The third-order valence-corrected chi connectivity index (χ3v) is 6.82. The van der Waals surface area contributed by atoms with E-state index in [-0.39, 0.29) is 6.79 Å². The lowest BCUT2D eigenvalue weighted by atomic mass is 10.2. The quantitative estimate of drug-likeness (QED) is 0.454. The number of hydrogen-bond donors (Lipinski definition) is 1. The van der Waals surface area contributed by atoms with Crippen molar-refractivity contribution in [2.45, 2.75) is 26.4 Å². The Labute approximate surface area is 176 Å². The number of thiazole rings is 1. The predicted molar refractivity (Wildman–Crippen MR) is 116 cm³/mol. The van der Waals surface area contributed by atoms with Crippen LogP contribution in [0.2, 0.25) is 0 Å². The number of aryl methyl sites for hydroxylation is 3. The van der Waals surface area contributed by atoms with Crippen molar-refractivity contribution >= 4 is 27.8 Å². The Kier molecular flexibility index (Phi) is 4.95. The Morgan fingerprint density at radius 1 is 1.17 bits per heavy atom. The van der Waals surface area contributed by atoms with Crippen molar-refractivity contribution in [3.8, 4) is 22.1 Å². The van der Waals surface area contributed by atoms with Crippen molar-refractivity contribution < 1.29 is 9.47 Å². The molecule has 0 saturated heterocycles. The van der Waals surface area contributed by atoms with Gasteiger partial charge in [0.1, 0.15) is 5.69 Å². The molecule has 3 aromatic heterocycles. The first kappa shape index (κ1) is 18.2. The van der Waals surface area contributed by atoms with Crippen LogP contribution in [0.1, 0.15) is 16.1 Å². The van der Waals surface area contributed by atoms with Crippen molar-refractivity contribution in [3.05, 3.63) is 64.1 Å². The summed E-state index contributed by atoms with van der Waals surface area (Å²) in [6.07, 6.45) is 3.04. The van der Waals surface area contributed by atoms with E-state index in [1.165, 1.54) is 4.88 Å². The zero-order valence-electron chi connectivity index (χ0n) is 15.9. The first-order valence-corrected chi connectivity index (χ1v) is 11.1. The highest BCUT2D eigenvalue weighted by Gasteiger charge is 2.18. The van der Waals surface area contributed by atoms with E-state index in [0.29, 0.717) is 6.54 Å². The van der Waals surface area contributed by atoms with Gasteiger partial charge in [0.05, 0.1) is 10.6 Å². The van der Waals surface area contributed by atoms with Gasteiger partial charge in [0.15, 0.2) is 16.6 Å². The standard InChI is InChI=1S/C21H20N4O2S2/c1-14-20(17-8-10-25(24-17)9-7-16-5-3-11-28-16)29-21(23-14)22-12-15-4-2-6-18-19(15)27-13-26-18/h2-6,8,10-11H,7,9,12-13H2,1H3,(H,22,23). The van der Waals surface area contributed by atoms with Gasteiger partial charge in [-0.05, 0) is 30.5 Å². The molecule has 0 radical (unpaired) electrons. The van der Waals surface area contributed by atoms with Crippen LogP contribution in [0.3, 0.4) is 0 Å². The Hall–Kier alpha value is -2.84. The summed E-state index contributed by atoms with van der Waals surface area (Å²) in [5.74, 6) is 1.62. The normalized spacial score (nSPS) is 12.4. The van der Waals surface area contributed by atoms with Crippen LogP contribution < -0.4 is 14.8 Å². The minimum absolute atomic E-state index is 0.280. The molecule has 0 fully saturated rings. The van der Waals surface area contributed by atoms with Gasteiger partial charge in [-0.15, -0.1) is 11.3 Å². The average molecular weight is 425 g/mol. The molecule has 148 valence electrons. The Morgan fingerprint density at radius 3 is 3.03 bits per heavy atom. The highest BCUT2D eigenvalue weighted by molar-refractivity contribution is 7.19. The van der Waals surface area contributed by atoms with Crippen molar-refractivity contribution in [3.63, 3.8) is 0 Å². The summed E-state index contributed by atoms with van der Waals surface area (Å²) in [4.78, 5) is 7.16. The van der Waals surface area contributed by atoms with Gasteiger partial charge < -0.3 is 14.8 Å². The molecule has 8 heteroatoms. The largest absolute Gasteiger partial charge is 0.454 e. The molecule has 1 aliphatic rings. The molecule has 0 spiro atoms. The number of thiophene rings is 1. The SMILES string of the molecule is Cc1nc(NCc2cccc3c2OCO3)sc1-c1ccn(CCc2cccs2)n1. The van der Waals surface area contributed by atoms with Crippen molar-refractivity contribution in [2.75, 3.05) is 12.1 Å². The number of benzene rings is 1. The van der Waals surface area contributed by atoms with Crippen LogP contribution in [0.15, 0.2) is 48.0 Å². The molecule has 0 atom stereocenters. The lowest BCUT2D eigenvalue weighted by Gasteiger charge is -2.06. The Morgan fingerprint density at radius 2 is 2.14 bits per heavy atom. The maximum atomic E-state index is 5.58. The van der Waals surface area contributed by atoms with Gasteiger partial charge >= 0.3 is 0 Å². The van der Waals surface area contributed by atoms with E-state index >= 15 is 0 Å². The van der Waals surface area contributed by atoms with Crippen LogP contribution in [0.5, 0.6) is 11.5 Å². The summed E-state index contributed by atoms with van der Waals surface area (Å²) in [5, 5.41) is 11.1. The van der Waals surface area contributed by atoms with E-state index < -0.39 is 0 Å². The monoisotopic (exact) mass is 424 g/mol. The highest BCUT2D eigenvalue weighted by Crippen LogP contribution is 2.36. The van der Waals surface area contributed by atoms with Gasteiger partial charge in [-0.25, -0.2) is 4.98 Å². The number of aromatic nitrogens is 3. The molecule has 0 bridgehead atoms. The lowest BCUT2D eigenvalue weighted by molar-refractivity contribution is 0.173. The number of fused-ring (bicyclic) bond motifs is 1. The number of nitrogens with one attached hydrogen (secondary N) is 1. The minimum atomic E-state index is 0.280. The van der Waals surface area contributed by atoms with E-state index in [4.69, 9.17) is 14.6 Å². The van der Waals surface area contributed by atoms with Crippen molar-refractivity contribution in [1.82, 2.24) is 14.8 Å². The maximum Gasteiger partial charge on any atom is 0.231 e. The summed E-state index contributed by atoms with van der Waals surface area (Å²) >= 11 is 3.41. The van der Waals surface area contributed by atoms with Crippen LogP contribution in [0.4, 0.5) is 5.13 Å². The summed E-state index contributed by atoms with van der Waals surface area (Å²) < 4.78 is 13.0. The van der Waals surface area contributed by atoms with Gasteiger partial charge in [0.25, 0.3) is 0 Å². The number of rotatable bonds is 7. The summed E-state index contributed by atoms with van der Waals surface area (Å²) in [5.41, 5.74) is 3.02. The highest BCUT2D eigenvalue weighted by atomic mass is 32.1. The van der Waals surface area contributed by atoms with Gasteiger partial charge in [-0.2, -0.15) is 5.10 Å². The molecule has 0 saturated carbocycles. The molecular formula is C21H20N4O2S2. The molecule has 1 N–H and O–H groups in total. The van der Waals surface area contributed by atoms with E-state index in [0.717, 1.165) is 51.4 Å². The number of anilines is 1. The molecule has 4 aromatic rings. The second-order valence-electron chi connectivity index (χ2n) is 6.73. The molecule has 5 rings (SSSR count).